The number of amides is 3. The fourth-order valence-electron chi connectivity index (χ4n) is 5.16. The third-order valence-corrected chi connectivity index (χ3v) is 9.12. The lowest BCUT2D eigenvalue weighted by molar-refractivity contribution is -0.765. The largest absolute Gasteiger partial charge is 0.507 e. The number of phenolic OH excluding ortho intramolecular Hbond substituents is 1. The summed E-state index contributed by atoms with van der Waals surface area (Å²) in [7, 11) is 2.58. The summed E-state index contributed by atoms with van der Waals surface area (Å²) in [5.74, 6) is 0.354. The summed E-state index contributed by atoms with van der Waals surface area (Å²) < 4.78 is 14.3. The second-order valence-electron chi connectivity index (χ2n) is 11.1. The molecule has 252 valence electrons. The lowest BCUT2D eigenvalue weighted by Crippen LogP contribution is -2.64. The first-order valence-electron chi connectivity index (χ1n) is 15.2. The number of fused-ring (bicyclic) bond motifs is 1. The van der Waals surface area contributed by atoms with Gasteiger partial charge in [0.05, 0.1) is 14.2 Å². The molecular formula is C31H38BN8O7S+. The van der Waals surface area contributed by atoms with E-state index < -0.39 is 30.5 Å². The molecule has 48 heavy (non-hydrogen) atoms. The van der Waals surface area contributed by atoms with Crippen LogP contribution in [-0.4, -0.2) is 88.3 Å². The van der Waals surface area contributed by atoms with Gasteiger partial charge in [0.1, 0.15) is 29.2 Å². The van der Waals surface area contributed by atoms with Gasteiger partial charge in [-0.2, -0.15) is 0 Å². The molecule has 2 aromatic carbocycles. The predicted octanol–water partition coefficient (Wildman–Crippen LogP) is 0.831. The van der Waals surface area contributed by atoms with Crippen molar-refractivity contribution >= 4 is 54.4 Å². The van der Waals surface area contributed by atoms with Crippen LogP contribution in [0.15, 0.2) is 71.0 Å². The van der Waals surface area contributed by atoms with Gasteiger partial charge in [-0.05, 0) is 36.7 Å². The summed E-state index contributed by atoms with van der Waals surface area (Å²) in [6.07, 6.45) is 3.11. The van der Waals surface area contributed by atoms with Gasteiger partial charge >= 0.3 is 19.1 Å². The molecule has 3 heterocycles. The summed E-state index contributed by atoms with van der Waals surface area (Å²) >= 11 is 1.46. The van der Waals surface area contributed by atoms with E-state index in [4.69, 9.17) is 15.2 Å². The molecule has 0 radical (unpaired) electrons. The van der Waals surface area contributed by atoms with E-state index >= 15 is 0 Å². The number of nitrogens with two attached hydrogens (primary N) is 1. The highest BCUT2D eigenvalue weighted by Crippen LogP contribution is 2.42. The van der Waals surface area contributed by atoms with Crippen molar-refractivity contribution in [3.63, 3.8) is 0 Å². The maximum Gasteiger partial charge on any atom is 0.373 e. The maximum atomic E-state index is 13.7. The number of rotatable bonds is 13. The zero-order valence-corrected chi connectivity index (χ0v) is 27.6. The van der Waals surface area contributed by atoms with Crippen LogP contribution in [0.4, 0.5) is 16.3 Å². The molecule has 0 spiro atoms. The number of hydrogen-bond donors (Lipinski definition) is 6. The second-order valence-corrected chi connectivity index (χ2v) is 12.2. The number of carbonyl (C=O) groups excluding carboxylic acids is 3. The molecule has 0 saturated carbocycles. The Hall–Kier alpha value is -5.00. The zero-order valence-electron chi connectivity index (χ0n) is 26.8. The van der Waals surface area contributed by atoms with Crippen LogP contribution in [0, 0.1) is 0 Å². The average molecular weight is 678 g/mol. The fraction of sp³-hybridized carbons (Fsp3) is 0.323. The molecule has 0 unspecified atom stereocenters. The number of β-lactam (4-membered cyclic amide) rings is 1. The molecule has 3 aromatic rings. The molecule has 2 aliphatic rings. The number of para-hydroxylation sites is 1. The van der Waals surface area contributed by atoms with Gasteiger partial charge in [-0.3, -0.25) is 20.0 Å². The van der Waals surface area contributed by atoms with Crippen molar-refractivity contribution in [2.75, 3.05) is 37.0 Å². The Balaban J connectivity index is 1.36. The van der Waals surface area contributed by atoms with Crippen LogP contribution >= 0.6 is 11.8 Å². The number of aromatic hydroxyl groups is 1. The maximum absolute atomic E-state index is 13.7. The minimum absolute atomic E-state index is 0.0194. The Morgan fingerprint density at radius 1 is 1.21 bits per heavy atom. The molecule has 7 N–H and O–H groups in total. The zero-order chi connectivity index (χ0) is 34.4. The van der Waals surface area contributed by atoms with Gasteiger partial charge in [0.25, 0.3) is 5.91 Å². The van der Waals surface area contributed by atoms with E-state index in [0.717, 1.165) is 5.56 Å². The quantitative estimate of drug-likeness (QED) is 0.0377. The van der Waals surface area contributed by atoms with Crippen LogP contribution in [0.2, 0.25) is 6.82 Å². The molecule has 1 aromatic heterocycles. The molecule has 5 rings (SSSR count). The lowest BCUT2D eigenvalue weighted by Gasteiger charge is -2.47. The van der Waals surface area contributed by atoms with Crippen LogP contribution in [0.25, 0.3) is 0 Å². The average Bonchev–Trinajstić information content (AvgIpc) is 3.33. The summed E-state index contributed by atoms with van der Waals surface area (Å²) in [4.78, 5) is 45.6. The van der Waals surface area contributed by atoms with Crippen LogP contribution in [0.5, 0.6) is 11.5 Å². The number of nitrogen functional groups attached to an aromatic ring is 1. The summed E-state index contributed by atoms with van der Waals surface area (Å²) in [6, 6.07) is 12.6. The SMILES string of the molecule is COc1ccc(COC(=O)C2=C(C[n+]3cc(NC(=O)NCCNB(C)O)c(N)n3C)CS[C@@H]3[C@H](N=Cc4ccccc4O)C(=O)N23)cc1. The van der Waals surface area contributed by atoms with Crippen LogP contribution in [0.1, 0.15) is 11.1 Å². The van der Waals surface area contributed by atoms with E-state index in [9.17, 15) is 24.5 Å². The first-order valence-corrected chi connectivity index (χ1v) is 16.2. The number of methoxy groups -OCH3 is 1. The van der Waals surface area contributed by atoms with E-state index in [-0.39, 0.29) is 42.9 Å². The monoisotopic (exact) mass is 677 g/mol. The van der Waals surface area contributed by atoms with Gasteiger partial charge < -0.3 is 35.9 Å². The molecular weight excluding hydrogens is 639 g/mol. The number of aliphatic imine (C=N–C) groups is 1. The van der Waals surface area contributed by atoms with E-state index in [0.29, 0.717) is 34.9 Å². The van der Waals surface area contributed by atoms with Gasteiger partial charge in [0.15, 0.2) is 24.1 Å². The summed E-state index contributed by atoms with van der Waals surface area (Å²) in [5, 5.41) is 27.2. The van der Waals surface area contributed by atoms with E-state index in [2.05, 4.69) is 20.9 Å². The Morgan fingerprint density at radius 3 is 2.67 bits per heavy atom. The number of anilines is 2. The number of hydrogen-bond acceptors (Lipinski definition) is 11. The molecule has 0 bridgehead atoms. The highest BCUT2D eigenvalue weighted by atomic mass is 32.2. The van der Waals surface area contributed by atoms with Crippen molar-refractivity contribution in [1.29, 1.82) is 0 Å². The Labute approximate surface area is 281 Å². The van der Waals surface area contributed by atoms with Gasteiger partial charge in [0, 0.05) is 36.2 Å². The number of nitrogens with one attached hydrogen (secondary N) is 3. The van der Waals surface area contributed by atoms with Gasteiger partial charge in [0.2, 0.25) is 6.20 Å². The molecule has 0 aliphatic carbocycles. The second kappa shape index (κ2) is 15.3. The molecule has 3 amide bonds. The summed E-state index contributed by atoms with van der Waals surface area (Å²) in [6.45, 7) is 2.38. The fourth-order valence-corrected chi connectivity index (χ4v) is 6.48. The number of ether oxygens (including phenoxy) is 2. The Bertz CT molecular complexity index is 1730. The molecule has 1 fully saturated rings. The normalized spacial score (nSPS) is 17.2. The number of urea groups is 1. The number of aromatic nitrogens is 2. The Kier molecular flexibility index (Phi) is 10.9. The third kappa shape index (κ3) is 7.75. The third-order valence-electron chi connectivity index (χ3n) is 7.79. The lowest BCUT2D eigenvalue weighted by atomic mass is 9.89. The smallest absolute Gasteiger partial charge is 0.373 e. The van der Waals surface area contributed by atoms with Crippen molar-refractivity contribution in [1.82, 2.24) is 20.1 Å². The van der Waals surface area contributed by atoms with Crippen molar-refractivity contribution in [2.45, 2.75) is 31.4 Å². The summed E-state index contributed by atoms with van der Waals surface area (Å²) in [5.41, 5.74) is 8.64. The predicted molar refractivity (Wildman–Crippen MR) is 181 cm³/mol. The highest BCUT2D eigenvalue weighted by molar-refractivity contribution is 8.00. The number of esters is 1. The van der Waals surface area contributed by atoms with Crippen molar-refractivity contribution in [2.24, 2.45) is 12.0 Å². The van der Waals surface area contributed by atoms with Gasteiger partial charge in [-0.1, -0.05) is 24.3 Å². The minimum atomic E-state index is -0.746. The van der Waals surface area contributed by atoms with Crippen molar-refractivity contribution < 1.29 is 38.7 Å². The number of carbonyl (C=O) groups is 3. The van der Waals surface area contributed by atoms with E-state index in [1.54, 1.807) is 79.0 Å². The highest BCUT2D eigenvalue weighted by Gasteiger charge is 2.54. The van der Waals surface area contributed by atoms with Gasteiger partial charge in [-0.15, -0.1) is 21.1 Å². The van der Waals surface area contributed by atoms with Crippen molar-refractivity contribution in [3.8, 4) is 11.5 Å². The van der Waals surface area contributed by atoms with Crippen LogP contribution in [0.3, 0.4) is 0 Å². The number of benzene rings is 2. The van der Waals surface area contributed by atoms with Crippen molar-refractivity contribution in [3.05, 3.63) is 77.1 Å². The molecule has 17 heteroatoms. The number of thioether (sulfide) groups is 1. The molecule has 1 saturated heterocycles. The topological polar surface area (TPSA) is 197 Å². The van der Waals surface area contributed by atoms with Crippen LogP contribution < -0.4 is 31.0 Å². The number of nitrogens with zero attached hydrogens (tertiary/aromatic N) is 4. The Morgan fingerprint density at radius 2 is 1.96 bits per heavy atom. The molecule has 15 nitrogen and oxygen atoms in total. The molecule has 2 aliphatic heterocycles. The first kappa shape index (κ1) is 34.3. The van der Waals surface area contributed by atoms with Gasteiger partial charge in [-0.25, -0.2) is 9.59 Å². The van der Waals surface area contributed by atoms with E-state index in [1.807, 2.05) is 0 Å². The minimum Gasteiger partial charge on any atom is -0.507 e. The van der Waals surface area contributed by atoms with Crippen LogP contribution in [-0.2, 0) is 34.5 Å². The first-order chi connectivity index (χ1) is 23.1. The molecule has 2 atom stereocenters. The number of phenols is 1. The standard InChI is InChI=1S/C31H37BN8O7S/c1-32(45)36-13-12-34-31(44)37-23-16-39(38(2)27(23)33)15-21-18-48-29-25(35-14-20-6-4-5-7-24(20)41)28(42)40(29)26(21)30(43)47-17-19-8-10-22(46-3)11-9-19/h4-11,14,16,25,29,33,36,45H,12-13,15,17-18H2,1-3H3,(H3,34,35,37,41,44)/p+1/t25-,29-/m1/s1. The van der Waals surface area contributed by atoms with E-state index in [1.165, 1.54) is 28.9 Å².